The SMILES string of the molecule is CCC(C)C(NC(=O)C(Cc1c[nH]c2ccccc12)NC(=O)C(NC(=O)C(C)N)C(C)C)C(=O)O. The van der Waals surface area contributed by atoms with Crippen LogP contribution in [-0.4, -0.2) is 57.9 Å². The number of benzene rings is 1. The normalized spacial score (nSPS) is 15.6. The molecular formula is C25H37N5O5. The number of aliphatic carboxylic acids is 1. The molecule has 0 bridgehead atoms. The molecule has 2 aromatic rings. The van der Waals surface area contributed by atoms with Crippen molar-refractivity contribution in [1.29, 1.82) is 0 Å². The maximum atomic E-state index is 13.3. The topological polar surface area (TPSA) is 166 Å². The molecule has 10 heteroatoms. The Morgan fingerprint density at radius 1 is 0.943 bits per heavy atom. The lowest BCUT2D eigenvalue weighted by molar-refractivity contribution is -0.143. The van der Waals surface area contributed by atoms with Gasteiger partial charge in [0.25, 0.3) is 0 Å². The Bertz CT molecular complexity index is 1050. The Balaban J connectivity index is 2.34. The summed E-state index contributed by atoms with van der Waals surface area (Å²) < 4.78 is 0. The molecule has 10 nitrogen and oxygen atoms in total. The molecule has 1 aromatic carbocycles. The fourth-order valence-electron chi connectivity index (χ4n) is 3.75. The summed E-state index contributed by atoms with van der Waals surface area (Å²) in [6.07, 6.45) is 2.44. The number of aromatic nitrogens is 1. The molecule has 0 aliphatic carbocycles. The van der Waals surface area contributed by atoms with Crippen molar-refractivity contribution in [2.75, 3.05) is 0 Å². The number of aromatic amines is 1. The highest BCUT2D eigenvalue weighted by molar-refractivity contribution is 5.95. The lowest BCUT2D eigenvalue weighted by atomic mass is 9.97. The molecule has 1 heterocycles. The third kappa shape index (κ3) is 7.29. The molecule has 3 amide bonds. The van der Waals surface area contributed by atoms with E-state index in [1.165, 1.54) is 6.92 Å². The smallest absolute Gasteiger partial charge is 0.326 e. The van der Waals surface area contributed by atoms with E-state index in [0.29, 0.717) is 6.42 Å². The molecule has 0 aliphatic heterocycles. The van der Waals surface area contributed by atoms with Crippen LogP contribution in [0.25, 0.3) is 10.9 Å². The summed E-state index contributed by atoms with van der Waals surface area (Å²) in [5.74, 6) is -3.38. The molecule has 0 aliphatic rings. The van der Waals surface area contributed by atoms with Gasteiger partial charge in [-0.1, -0.05) is 52.3 Å². The molecule has 35 heavy (non-hydrogen) atoms. The maximum absolute atomic E-state index is 13.3. The molecule has 0 spiro atoms. The predicted molar refractivity (Wildman–Crippen MR) is 133 cm³/mol. The van der Waals surface area contributed by atoms with Gasteiger partial charge in [-0.05, 0) is 30.4 Å². The van der Waals surface area contributed by atoms with Gasteiger partial charge in [-0.25, -0.2) is 4.79 Å². The van der Waals surface area contributed by atoms with Crippen LogP contribution in [0.2, 0.25) is 0 Å². The zero-order chi connectivity index (χ0) is 26.3. The van der Waals surface area contributed by atoms with Crippen molar-refractivity contribution in [2.45, 2.75) is 71.6 Å². The van der Waals surface area contributed by atoms with Crippen LogP contribution < -0.4 is 21.7 Å². The van der Waals surface area contributed by atoms with Gasteiger partial charge in [-0.15, -0.1) is 0 Å². The van der Waals surface area contributed by atoms with Crippen LogP contribution in [0.4, 0.5) is 0 Å². The number of nitrogens with two attached hydrogens (primary N) is 1. The van der Waals surface area contributed by atoms with E-state index in [4.69, 9.17) is 5.73 Å². The summed E-state index contributed by atoms with van der Waals surface area (Å²) in [5, 5.41) is 18.5. The van der Waals surface area contributed by atoms with Crippen molar-refractivity contribution < 1.29 is 24.3 Å². The van der Waals surface area contributed by atoms with Crippen molar-refractivity contribution in [3.05, 3.63) is 36.0 Å². The monoisotopic (exact) mass is 487 g/mol. The van der Waals surface area contributed by atoms with E-state index in [0.717, 1.165) is 16.5 Å². The van der Waals surface area contributed by atoms with Crippen LogP contribution in [0.5, 0.6) is 0 Å². The first-order valence-electron chi connectivity index (χ1n) is 11.9. The molecule has 7 N–H and O–H groups in total. The average molecular weight is 488 g/mol. The van der Waals surface area contributed by atoms with Gasteiger partial charge in [0.2, 0.25) is 17.7 Å². The zero-order valence-corrected chi connectivity index (χ0v) is 20.9. The number of carbonyl (C=O) groups is 4. The fraction of sp³-hybridized carbons (Fsp3) is 0.520. The number of carboxylic acid groups (broad SMARTS) is 1. The summed E-state index contributed by atoms with van der Waals surface area (Å²) in [6.45, 7) is 8.63. The number of carbonyl (C=O) groups excluding carboxylic acids is 3. The summed E-state index contributed by atoms with van der Waals surface area (Å²) in [7, 11) is 0. The number of nitrogens with one attached hydrogen (secondary N) is 4. The first-order chi connectivity index (χ1) is 16.5. The second kappa shape index (κ2) is 12.3. The number of rotatable bonds is 12. The van der Waals surface area contributed by atoms with Crippen LogP contribution in [0.1, 0.15) is 46.6 Å². The number of carboxylic acids is 1. The van der Waals surface area contributed by atoms with Crippen molar-refractivity contribution in [3.63, 3.8) is 0 Å². The third-order valence-electron chi connectivity index (χ3n) is 6.17. The van der Waals surface area contributed by atoms with Crippen LogP contribution in [-0.2, 0) is 25.6 Å². The number of H-pyrrole nitrogens is 1. The molecule has 5 atom stereocenters. The van der Waals surface area contributed by atoms with Crippen molar-refractivity contribution in [1.82, 2.24) is 20.9 Å². The standard InChI is InChI=1S/C25H37N5O5/c1-6-14(4)21(25(34)35)30-23(32)19(11-16-12-27-18-10-8-7-9-17(16)18)28-24(33)20(13(2)3)29-22(31)15(5)26/h7-10,12-15,19-21,27H,6,11,26H2,1-5H3,(H,28,33)(H,29,31)(H,30,32)(H,34,35). The number of fused-ring (bicyclic) bond motifs is 1. The molecule has 0 saturated carbocycles. The average Bonchev–Trinajstić information content (AvgIpc) is 3.21. The van der Waals surface area contributed by atoms with E-state index in [-0.39, 0.29) is 18.3 Å². The van der Waals surface area contributed by atoms with Gasteiger partial charge in [0, 0.05) is 23.5 Å². The minimum absolute atomic E-state index is 0.125. The van der Waals surface area contributed by atoms with Crippen molar-refractivity contribution >= 4 is 34.6 Å². The summed E-state index contributed by atoms with van der Waals surface area (Å²) in [6, 6.07) is 3.65. The number of hydrogen-bond acceptors (Lipinski definition) is 5. The fourth-order valence-corrected chi connectivity index (χ4v) is 3.75. The Morgan fingerprint density at radius 2 is 1.57 bits per heavy atom. The molecule has 5 unspecified atom stereocenters. The molecule has 2 rings (SSSR count). The van der Waals surface area contributed by atoms with Crippen molar-refractivity contribution in [2.24, 2.45) is 17.6 Å². The lowest BCUT2D eigenvalue weighted by Crippen LogP contribution is -2.59. The first kappa shape index (κ1) is 27.8. The van der Waals surface area contributed by atoms with Gasteiger partial charge >= 0.3 is 5.97 Å². The van der Waals surface area contributed by atoms with Crippen LogP contribution in [0, 0.1) is 11.8 Å². The highest BCUT2D eigenvalue weighted by atomic mass is 16.4. The van der Waals surface area contributed by atoms with Gasteiger partial charge < -0.3 is 31.8 Å². The Hall–Kier alpha value is -3.40. The van der Waals surface area contributed by atoms with Gasteiger partial charge in [-0.3, -0.25) is 14.4 Å². The van der Waals surface area contributed by atoms with E-state index in [1.807, 2.05) is 31.2 Å². The van der Waals surface area contributed by atoms with E-state index in [2.05, 4.69) is 20.9 Å². The minimum Gasteiger partial charge on any atom is -0.480 e. The summed E-state index contributed by atoms with van der Waals surface area (Å²) in [5.41, 5.74) is 7.30. The molecule has 0 saturated heterocycles. The Labute approximate surface area is 205 Å². The lowest BCUT2D eigenvalue weighted by Gasteiger charge is -2.27. The molecule has 0 radical (unpaired) electrons. The quantitative estimate of drug-likeness (QED) is 0.264. The number of hydrogen-bond donors (Lipinski definition) is 6. The highest BCUT2D eigenvalue weighted by Crippen LogP contribution is 2.20. The number of amides is 3. The van der Waals surface area contributed by atoms with Gasteiger partial charge in [0.1, 0.15) is 18.1 Å². The molecule has 1 aromatic heterocycles. The Morgan fingerprint density at radius 3 is 2.14 bits per heavy atom. The predicted octanol–water partition coefficient (Wildman–Crippen LogP) is 1.30. The van der Waals surface area contributed by atoms with E-state index in [9.17, 15) is 24.3 Å². The van der Waals surface area contributed by atoms with Gasteiger partial charge in [0.05, 0.1) is 6.04 Å². The summed E-state index contributed by atoms with van der Waals surface area (Å²) in [4.78, 5) is 53.6. The van der Waals surface area contributed by atoms with E-state index < -0.39 is 47.9 Å². The maximum Gasteiger partial charge on any atom is 0.326 e. The molecule has 192 valence electrons. The van der Waals surface area contributed by atoms with Crippen LogP contribution in [0.3, 0.4) is 0 Å². The molecule has 0 fully saturated rings. The van der Waals surface area contributed by atoms with Crippen LogP contribution >= 0.6 is 0 Å². The second-order valence-electron chi connectivity index (χ2n) is 9.35. The minimum atomic E-state index is -1.14. The van der Waals surface area contributed by atoms with Crippen LogP contribution in [0.15, 0.2) is 30.5 Å². The summed E-state index contributed by atoms with van der Waals surface area (Å²) >= 11 is 0. The van der Waals surface area contributed by atoms with E-state index >= 15 is 0 Å². The van der Waals surface area contributed by atoms with Gasteiger partial charge in [0.15, 0.2) is 0 Å². The Kier molecular flexibility index (Phi) is 9.82. The third-order valence-corrected chi connectivity index (χ3v) is 6.17. The largest absolute Gasteiger partial charge is 0.480 e. The first-order valence-corrected chi connectivity index (χ1v) is 11.9. The highest BCUT2D eigenvalue weighted by Gasteiger charge is 2.33. The molecular weight excluding hydrogens is 450 g/mol. The second-order valence-corrected chi connectivity index (χ2v) is 9.35. The van der Waals surface area contributed by atoms with Crippen molar-refractivity contribution in [3.8, 4) is 0 Å². The van der Waals surface area contributed by atoms with E-state index in [1.54, 1.807) is 27.0 Å². The zero-order valence-electron chi connectivity index (χ0n) is 20.9. The van der Waals surface area contributed by atoms with Gasteiger partial charge in [-0.2, -0.15) is 0 Å². The number of para-hydroxylation sites is 1.